The zero-order chi connectivity index (χ0) is 14.8. The van der Waals surface area contributed by atoms with Crippen molar-refractivity contribution in [2.45, 2.75) is 70.6 Å². The van der Waals surface area contributed by atoms with Gasteiger partial charge in [-0.3, -0.25) is 0 Å². The van der Waals surface area contributed by atoms with Gasteiger partial charge in [0.15, 0.2) is 0 Å². The van der Waals surface area contributed by atoms with E-state index in [1.165, 1.54) is 43.2 Å². The lowest BCUT2D eigenvalue weighted by atomic mass is 9.65. The Hall–Kier alpha value is -0.490. The minimum atomic E-state index is 0.178. The molecule has 1 aromatic rings. The molecule has 0 radical (unpaired) electrons. The Labute approximate surface area is 129 Å². The molecule has 2 rings (SSSR count). The molecule has 0 amide bonds. The van der Waals surface area contributed by atoms with E-state index in [0.717, 1.165) is 5.92 Å². The van der Waals surface area contributed by atoms with Crippen molar-refractivity contribution in [1.82, 2.24) is 0 Å². The summed E-state index contributed by atoms with van der Waals surface area (Å²) in [5.41, 5.74) is 3.08. The molecule has 1 saturated carbocycles. The Bertz CT molecular complexity index is 418. The Morgan fingerprint density at radius 1 is 1.15 bits per heavy atom. The van der Waals surface area contributed by atoms with E-state index >= 15 is 0 Å². The summed E-state index contributed by atoms with van der Waals surface area (Å²) in [7, 11) is 0. The molecule has 112 valence electrons. The zero-order valence-corrected chi connectivity index (χ0v) is 14.2. The molecule has 0 N–H and O–H groups in total. The van der Waals surface area contributed by atoms with Crippen molar-refractivity contribution < 1.29 is 0 Å². The lowest BCUT2D eigenvalue weighted by Crippen LogP contribution is -2.38. The average Bonchev–Trinajstić information content (AvgIpc) is 2.39. The molecule has 0 aromatic heterocycles. The summed E-state index contributed by atoms with van der Waals surface area (Å²) in [6, 6.07) is 9.25. The second-order valence-electron chi connectivity index (χ2n) is 7.21. The highest BCUT2D eigenvalue weighted by atomic mass is 35.5. The third kappa shape index (κ3) is 3.39. The van der Waals surface area contributed by atoms with Crippen molar-refractivity contribution in [3.05, 3.63) is 35.4 Å². The monoisotopic (exact) mass is 292 g/mol. The van der Waals surface area contributed by atoms with Crippen LogP contribution in [0.25, 0.3) is 0 Å². The topological polar surface area (TPSA) is 0 Å². The van der Waals surface area contributed by atoms with Crippen molar-refractivity contribution in [1.29, 1.82) is 0 Å². The predicted molar refractivity (Wildman–Crippen MR) is 89.6 cm³/mol. The maximum absolute atomic E-state index is 6.69. The molecular weight excluding hydrogens is 264 g/mol. The van der Waals surface area contributed by atoms with E-state index < -0.39 is 0 Å². The van der Waals surface area contributed by atoms with Gasteiger partial charge in [-0.05, 0) is 47.6 Å². The fourth-order valence-electron chi connectivity index (χ4n) is 3.73. The maximum Gasteiger partial charge on any atom is 0.0375 e. The van der Waals surface area contributed by atoms with Crippen molar-refractivity contribution in [3.8, 4) is 0 Å². The number of hydrogen-bond acceptors (Lipinski definition) is 0. The molecule has 1 aromatic carbocycles. The molecule has 3 atom stereocenters. The van der Waals surface area contributed by atoms with E-state index in [2.05, 4.69) is 52.0 Å². The zero-order valence-electron chi connectivity index (χ0n) is 13.5. The van der Waals surface area contributed by atoms with Gasteiger partial charge in [0, 0.05) is 5.38 Å². The van der Waals surface area contributed by atoms with Gasteiger partial charge in [0.2, 0.25) is 0 Å². The van der Waals surface area contributed by atoms with Gasteiger partial charge in [-0.25, -0.2) is 0 Å². The molecule has 20 heavy (non-hydrogen) atoms. The summed E-state index contributed by atoms with van der Waals surface area (Å²) in [5, 5.41) is 0.323. The smallest absolute Gasteiger partial charge is 0.0375 e. The van der Waals surface area contributed by atoms with E-state index in [-0.39, 0.29) is 5.41 Å². The third-order valence-corrected chi connectivity index (χ3v) is 5.68. The van der Waals surface area contributed by atoms with E-state index in [4.69, 9.17) is 11.6 Å². The molecule has 0 bridgehead atoms. The van der Waals surface area contributed by atoms with Crippen LogP contribution >= 0.6 is 11.6 Å². The number of halogens is 1. The normalized spacial score (nSPS) is 27.6. The molecule has 1 fully saturated rings. The molecule has 0 aliphatic heterocycles. The average molecular weight is 293 g/mol. The van der Waals surface area contributed by atoms with Crippen LogP contribution in [0.2, 0.25) is 0 Å². The van der Waals surface area contributed by atoms with E-state index in [0.29, 0.717) is 11.3 Å². The molecule has 1 aliphatic rings. The van der Waals surface area contributed by atoms with E-state index in [1.807, 2.05) is 0 Å². The first-order valence-electron chi connectivity index (χ1n) is 8.18. The first-order chi connectivity index (χ1) is 9.45. The van der Waals surface area contributed by atoms with Crippen LogP contribution in [0.4, 0.5) is 0 Å². The van der Waals surface area contributed by atoms with E-state index in [9.17, 15) is 0 Å². The lowest BCUT2D eigenvalue weighted by Gasteiger charge is -2.42. The number of alkyl halides is 1. The standard InChI is InChI=1S/C19H29Cl/c1-5-6-15-8-10-16(11-9-15)19(3,4)17-12-7-14(2)13-18(17)20/h8-11,14,17-18H,5-7,12-13H2,1-4H3. The van der Waals surface area contributed by atoms with Gasteiger partial charge < -0.3 is 0 Å². The third-order valence-electron chi connectivity index (χ3n) is 5.20. The van der Waals surface area contributed by atoms with Crippen molar-refractivity contribution in [2.75, 3.05) is 0 Å². The van der Waals surface area contributed by atoms with Crippen molar-refractivity contribution >= 4 is 11.6 Å². The van der Waals surface area contributed by atoms with Crippen LogP contribution in [0.1, 0.15) is 64.5 Å². The predicted octanol–water partition coefficient (Wildman–Crippen LogP) is 5.96. The van der Waals surface area contributed by atoms with Gasteiger partial charge in [-0.2, -0.15) is 0 Å². The Morgan fingerprint density at radius 2 is 1.80 bits per heavy atom. The first kappa shape index (κ1) is 15.9. The van der Waals surface area contributed by atoms with E-state index in [1.54, 1.807) is 0 Å². The fraction of sp³-hybridized carbons (Fsp3) is 0.684. The quantitative estimate of drug-likeness (QED) is 0.601. The summed E-state index contributed by atoms with van der Waals surface area (Å²) < 4.78 is 0. The van der Waals surface area contributed by atoms with Gasteiger partial charge in [0.1, 0.15) is 0 Å². The number of hydrogen-bond donors (Lipinski definition) is 0. The molecule has 0 spiro atoms. The molecule has 0 nitrogen and oxygen atoms in total. The highest BCUT2D eigenvalue weighted by Gasteiger charge is 2.39. The summed E-state index contributed by atoms with van der Waals surface area (Å²) in [6.45, 7) is 9.31. The molecule has 0 heterocycles. The summed E-state index contributed by atoms with van der Waals surface area (Å²) in [6.07, 6.45) is 6.15. The van der Waals surface area contributed by atoms with Crippen LogP contribution in [0.3, 0.4) is 0 Å². The molecule has 1 heteroatoms. The lowest BCUT2D eigenvalue weighted by molar-refractivity contribution is 0.207. The largest absolute Gasteiger partial charge is 0.123 e. The van der Waals surface area contributed by atoms with Crippen molar-refractivity contribution in [2.24, 2.45) is 11.8 Å². The van der Waals surface area contributed by atoms with Gasteiger partial charge in [0.05, 0.1) is 0 Å². The minimum absolute atomic E-state index is 0.178. The van der Waals surface area contributed by atoms with Crippen molar-refractivity contribution in [3.63, 3.8) is 0 Å². The Kier molecular flexibility index (Phi) is 5.18. The number of aryl methyl sites for hydroxylation is 1. The summed E-state index contributed by atoms with van der Waals surface area (Å²) in [4.78, 5) is 0. The Balaban J connectivity index is 2.16. The van der Waals surface area contributed by atoms with Crippen LogP contribution in [-0.2, 0) is 11.8 Å². The fourth-order valence-corrected chi connectivity index (χ4v) is 4.47. The SMILES string of the molecule is CCCc1ccc(C(C)(C)C2CCC(C)CC2Cl)cc1. The van der Waals surface area contributed by atoms with Crippen LogP contribution in [0.5, 0.6) is 0 Å². The second-order valence-corrected chi connectivity index (χ2v) is 7.77. The Morgan fingerprint density at radius 3 is 2.35 bits per heavy atom. The highest BCUT2D eigenvalue weighted by Crippen LogP contribution is 2.44. The van der Waals surface area contributed by atoms with Gasteiger partial charge >= 0.3 is 0 Å². The summed E-state index contributed by atoms with van der Waals surface area (Å²) >= 11 is 6.69. The van der Waals surface area contributed by atoms with Gasteiger partial charge in [-0.1, -0.05) is 64.8 Å². The molecule has 1 aliphatic carbocycles. The van der Waals surface area contributed by atoms with Crippen LogP contribution in [-0.4, -0.2) is 5.38 Å². The molecule has 0 saturated heterocycles. The molecule has 3 unspecified atom stereocenters. The number of benzene rings is 1. The minimum Gasteiger partial charge on any atom is -0.123 e. The van der Waals surface area contributed by atoms with Gasteiger partial charge in [0.25, 0.3) is 0 Å². The summed E-state index contributed by atoms with van der Waals surface area (Å²) in [5.74, 6) is 1.38. The van der Waals surface area contributed by atoms with Crippen LogP contribution < -0.4 is 0 Å². The van der Waals surface area contributed by atoms with Gasteiger partial charge in [-0.15, -0.1) is 11.6 Å². The maximum atomic E-state index is 6.69. The van der Waals surface area contributed by atoms with Crippen LogP contribution in [0.15, 0.2) is 24.3 Å². The second kappa shape index (κ2) is 6.52. The first-order valence-corrected chi connectivity index (χ1v) is 8.62. The highest BCUT2D eigenvalue weighted by molar-refractivity contribution is 6.20. The number of rotatable bonds is 4. The molecular formula is C19H29Cl. The van der Waals surface area contributed by atoms with Crippen LogP contribution in [0, 0.1) is 11.8 Å².